The van der Waals surface area contributed by atoms with E-state index in [0.717, 1.165) is 30.9 Å². The molecule has 2 N–H and O–H groups in total. The van der Waals surface area contributed by atoms with Crippen LogP contribution in [-0.4, -0.2) is 23.3 Å². The molecule has 1 aliphatic carbocycles. The third-order valence-corrected chi connectivity index (χ3v) is 4.48. The van der Waals surface area contributed by atoms with Crippen molar-refractivity contribution in [2.75, 3.05) is 6.54 Å². The van der Waals surface area contributed by atoms with E-state index < -0.39 is 5.60 Å². The van der Waals surface area contributed by atoms with E-state index in [1.165, 1.54) is 19.3 Å². The first-order valence-electron chi connectivity index (χ1n) is 7.59. The smallest absolute Gasteiger partial charge is 0.105 e. The number of hydrogen-bond donors (Lipinski definition) is 2. The summed E-state index contributed by atoms with van der Waals surface area (Å²) in [6, 6.07) is 4.25. The highest BCUT2D eigenvalue weighted by atomic mass is 16.3. The SMILES string of the molecule is CCC1CCC(O)(CNC(C)Cc2ccco2)CC1. The summed E-state index contributed by atoms with van der Waals surface area (Å²) in [5.74, 6) is 1.82. The monoisotopic (exact) mass is 265 g/mol. The Morgan fingerprint density at radius 1 is 1.47 bits per heavy atom. The van der Waals surface area contributed by atoms with Gasteiger partial charge in [-0.05, 0) is 50.7 Å². The second-order valence-electron chi connectivity index (χ2n) is 6.14. The molecule has 1 saturated carbocycles. The molecule has 1 fully saturated rings. The van der Waals surface area contributed by atoms with E-state index in [2.05, 4.69) is 19.2 Å². The van der Waals surface area contributed by atoms with E-state index in [1.54, 1.807) is 6.26 Å². The van der Waals surface area contributed by atoms with Crippen molar-refractivity contribution < 1.29 is 9.52 Å². The summed E-state index contributed by atoms with van der Waals surface area (Å²) in [7, 11) is 0. The van der Waals surface area contributed by atoms with Gasteiger partial charge < -0.3 is 14.8 Å². The molecule has 1 aliphatic rings. The molecule has 1 heterocycles. The zero-order valence-electron chi connectivity index (χ0n) is 12.2. The Hall–Kier alpha value is -0.800. The van der Waals surface area contributed by atoms with Crippen molar-refractivity contribution in [1.29, 1.82) is 0 Å². The van der Waals surface area contributed by atoms with Gasteiger partial charge in [-0.3, -0.25) is 0 Å². The predicted octanol–water partition coefficient (Wildman–Crippen LogP) is 3.13. The van der Waals surface area contributed by atoms with E-state index in [1.807, 2.05) is 12.1 Å². The van der Waals surface area contributed by atoms with Crippen LogP contribution in [0, 0.1) is 5.92 Å². The Morgan fingerprint density at radius 3 is 2.79 bits per heavy atom. The Kier molecular flexibility index (Phi) is 5.06. The number of nitrogens with one attached hydrogen (secondary N) is 1. The van der Waals surface area contributed by atoms with Crippen molar-refractivity contribution >= 4 is 0 Å². The molecule has 0 amide bonds. The summed E-state index contributed by atoms with van der Waals surface area (Å²) in [5, 5.41) is 14.0. The third-order valence-electron chi connectivity index (χ3n) is 4.48. The minimum Gasteiger partial charge on any atom is -0.469 e. The van der Waals surface area contributed by atoms with Crippen LogP contribution in [0.4, 0.5) is 0 Å². The Morgan fingerprint density at radius 2 is 2.21 bits per heavy atom. The first kappa shape index (κ1) is 14.6. The van der Waals surface area contributed by atoms with E-state index in [9.17, 15) is 5.11 Å². The molecule has 0 aromatic carbocycles. The summed E-state index contributed by atoms with van der Waals surface area (Å²) in [6.07, 6.45) is 8.04. The summed E-state index contributed by atoms with van der Waals surface area (Å²) in [4.78, 5) is 0. The zero-order chi connectivity index (χ0) is 13.7. The second kappa shape index (κ2) is 6.58. The maximum atomic E-state index is 10.6. The zero-order valence-corrected chi connectivity index (χ0v) is 12.2. The first-order valence-corrected chi connectivity index (χ1v) is 7.59. The lowest BCUT2D eigenvalue weighted by molar-refractivity contribution is -0.0103. The molecule has 0 spiro atoms. The fourth-order valence-corrected chi connectivity index (χ4v) is 2.97. The lowest BCUT2D eigenvalue weighted by Gasteiger charge is -2.36. The van der Waals surface area contributed by atoms with Crippen LogP contribution in [0.3, 0.4) is 0 Å². The molecule has 1 atom stereocenters. The van der Waals surface area contributed by atoms with Gasteiger partial charge in [0.2, 0.25) is 0 Å². The van der Waals surface area contributed by atoms with Gasteiger partial charge in [0.25, 0.3) is 0 Å². The lowest BCUT2D eigenvalue weighted by atomic mass is 9.78. The number of aliphatic hydroxyl groups is 1. The number of rotatable bonds is 6. The van der Waals surface area contributed by atoms with Crippen molar-refractivity contribution in [2.24, 2.45) is 5.92 Å². The highest BCUT2D eigenvalue weighted by Crippen LogP contribution is 2.33. The topological polar surface area (TPSA) is 45.4 Å². The molecule has 0 saturated heterocycles. The van der Waals surface area contributed by atoms with E-state index >= 15 is 0 Å². The summed E-state index contributed by atoms with van der Waals surface area (Å²) in [6.45, 7) is 5.09. The van der Waals surface area contributed by atoms with Gasteiger partial charge >= 0.3 is 0 Å². The van der Waals surface area contributed by atoms with Crippen molar-refractivity contribution in [3.8, 4) is 0 Å². The normalized spacial score (nSPS) is 29.3. The van der Waals surface area contributed by atoms with Crippen LogP contribution in [-0.2, 0) is 6.42 Å². The molecule has 1 aromatic heterocycles. The van der Waals surface area contributed by atoms with Gasteiger partial charge in [-0.25, -0.2) is 0 Å². The van der Waals surface area contributed by atoms with Crippen LogP contribution >= 0.6 is 0 Å². The maximum absolute atomic E-state index is 10.6. The van der Waals surface area contributed by atoms with Gasteiger partial charge in [-0.1, -0.05) is 13.3 Å². The fraction of sp³-hybridized carbons (Fsp3) is 0.750. The van der Waals surface area contributed by atoms with Crippen LogP contribution in [0.2, 0.25) is 0 Å². The third kappa shape index (κ3) is 4.36. The molecule has 3 heteroatoms. The number of hydrogen-bond acceptors (Lipinski definition) is 3. The molecule has 19 heavy (non-hydrogen) atoms. The Bertz CT molecular complexity index is 353. The van der Waals surface area contributed by atoms with Crippen LogP contribution < -0.4 is 5.32 Å². The molecule has 1 unspecified atom stereocenters. The maximum Gasteiger partial charge on any atom is 0.105 e. The summed E-state index contributed by atoms with van der Waals surface area (Å²) in [5.41, 5.74) is -0.497. The van der Waals surface area contributed by atoms with Crippen LogP contribution in [0.25, 0.3) is 0 Å². The minimum absolute atomic E-state index is 0.332. The van der Waals surface area contributed by atoms with Crippen LogP contribution in [0.1, 0.15) is 51.7 Å². The summed E-state index contributed by atoms with van der Waals surface area (Å²) >= 11 is 0. The Labute approximate surface area is 116 Å². The Balaban J connectivity index is 1.72. The van der Waals surface area contributed by atoms with Gasteiger partial charge in [-0.2, -0.15) is 0 Å². The molecule has 0 radical (unpaired) electrons. The minimum atomic E-state index is -0.497. The fourth-order valence-electron chi connectivity index (χ4n) is 2.97. The molecular weight excluding hydrogens is 238 g/mol. The highest BCUT2D eigenvalue weighted by Gasteiger charge is 2.32. The van der Waals surface area contributed by atoms with Crippen molar-refractivity contribution in [3.63, 3.8) is 0 Å². The van der Waals surface area contributed by atoms with E-state index in [0.29, 0.717) is 12.6 Å². The van der Waals surface area contributed by atoms with Gasteiger partial charge in [0.05, 0.1) is 11.9 Å². The van der Waals surface area contributed by atoms with Crippen LogP contribution in [0.5, 0.6) is 0 Å². The van der Waals surface area contributed by atoms with Gasteiger partial charge in [0.15, 0.2) is 0 Å². The largest absolute Gasteiger partial charge is 0.469 e. The van der Waals surface area contributed by atoms with Gasteiger partial charge in [-0.15, -0.1) is 0 Å². The first-order chi connectivity index (χ1) is 9.11. The standard InChI is InChI=1S/C16H27NO2/c1-3-14-6-8-16(18,9-7-14)12-17-13(2)11-15-5-4-10-19-15/h4-5,10,13-14,17-18H,3,6-9,11-12H2,1-2H3. The molecular formula is C16H27NO2. The molecule has 3 nitrogen and oxygen atoms in total. The quantitative estimate of drug-likeness (QED) is 0.830. The summed E-state index contributed by atoms with van der Waals surface area (Å²) < 4.78 is 5.35. The van der Waals surface area contributed by atoms with E-state index in [-0.39, 0.29) is 0 Å². The second-order valence-corrected chi connectivity index (χ2v) is 6.14. The molecule has 2 rings (SSSR count). The van der Waals surface area contributed by atoms with Gasteiger partial charge in [0.1, 0.15) is 5.76 Å². The lowest BCUT2D eigenvalue weighted by Crippen LogP contribution is -2.46. The molecule has 0 aliphatic heterocycles. The van der Waals surface area contributed by atoms with Gasteiger partial charge in [0, 0.05) is 19.0 Å². The average molecular weight is 265 g/mol. The predicted molar refractivity (Wildman–Crippen MR) is 77.1 cm³/mol. The molecule has 108 valence electrons. The van der Waals surface area contributed by atoms with Crippen molar-refractivity contribution in [2.45, 2.75) is 64.0 Å². The average Bonchev–Trinajstić information content (AvgIpc) is 2.90. The number of furan rings is 1. The van der Waals surface area contributed by atoms with Crippen LogP contribution in [0.15, 0.2) is 22.8 Å². The molecule has 0 bridgehead atoms. The highest BCUT2D eigenvalue weighted by molar-refractivity contribution is 5.00. The van der Waals surface area contributed by atoms with E-state index in [4.69, 9.17) is 4.42 Å². The molecule has 1 aromatic rings. The van der Waals surface area contributed by atoms with Crippen molar-refractivity contribution in [1.82, 2.24) is 5.32 Å². The van der Waals surface area contributed by atoms with Crippen molar-refractivity contribution in [3.05, 3.63) is 24.2 Å².